The number of nitrogens with zero attached hydrogens (tertiary/aromatic N) is 4. The van der Waals surface area contributed by atoms with Crippen LogP contribution in [0.3, 0.4) is 0 Å². The average Bonchev–Trinajstić information content (AvgIpc) is 2.76. The van der Waals surface area contributed by atoms with Gasteiger partial charge >= 0.3 is 0 Å². The van der Waals surface area contributed by atoms with Crippen LogP contribution in [0.25, 0.3) is 0 Å². The maximum absolute atomic E-state index is 13.1. The first-order chi connectivity index (χ1) is 14.5. The van der Waals surface area contributed by atoms with Gasteiger partial charge in [-0.3, -0.25) is 9.59 Å². The van der Waals surface area contributed by atoms with Gasteiger partial charge in [0, 0.05) is 49.7 Å². The summed E-state index contributed by atoms with van der Waals surface area (Å²) in [5.41, 5.74) is 2.20. The Morgan fingerprint density at radius 1 is 1.03 bits per heavy atom. The van der Waals surface area contributed by atoms with Crippen molar-refractivity contribution in [2.75, 3.05) is 31.1 Å². The summed E-state index contributed by atoms with van der Waals surface area (Å²) in [6.07, 6.45) is 0.584. The summed E-state index contributed by atoms with van der Waals surface area (Å²) in [6, 6.07) is 13.6. The standard InChI is InChI=1S/C22H22ClFN4O2/c23-17-2-1-3-19(14-17)26-10-12-27(13-11-26)22(30)20-8-9-21(29)28(25-20)15-16-4-6-18(24)7-5-16/h1-7,14H,8-13,15H2. The Morgan fingerprint density at radius 2 is 1.77 bits per heavy atom. The van der Waals surface area contributed by atoms with Crippen LogP contribution in [0.4, 0.5) is 10.1 Å². The zero-order chi connectivity index (χ0) is 21.1. The van der Waals surface area contributed by atoms with Gasteiger partial charge in [0.15, 0.2) is 0 Å². The van der Waals surface area contributed by atoms with Gasteiger partial charge in [-0.2, -0.15) is 5.10 Å². The van der Waals surface area contributed by atoms with Crippen molar-refractivity contribution in [2.24, 2.45) is 5.10 Å². The number of hydrogen-bond donors (Lipinski definition) is 0. The van der Waals surface area contributed by atoms with Crippen molar-refractivity contribution in [3.8, 4) is 0 Å². The van der Waals surface area contributed by atoms with Gasteiger partial charge in [0.2, 0.25) is 5.91 Å². The van der Waals surface area contributed by atoms with Crippen molar-refractivity contribution in [1.82, 2.24) is 9.91 Å². The van der Waals surface area contributed by atoms with E-state index in [1.165, 1.54) is 17.1 Å². The van der Waals surface area contributed by atoms with Crippen LogP contribution in [-0.4, -0.2) is 53.6 Å². The number of benzene rings is 2. The highest BCUT2D eigenvalue weighted by molar-refractivity contribution is 6.39. The number of rotatable bonds is 4. The Bertz CT molecular complexity index is 971. The molecule has 0 bridgehead atoms. The van der Waals surface area contributed by atoms with Crippen molar-refractivity contribution in [3.63, 3.8) is 0 Å². The molecule has 1 saturated heterocycles. The van der Waals surface area contributed by atoms with E-state index in [-0.39, 0.29) is 30.6 Å². The van der Waals surface area contributed by atoms with Gasteiger partial charge in [-0.1, -0.05) is 29.8 Å². The molecule has 0 atom stereocenters. The predicted molar refractivity (Wildman–Crippen MR) is 114 cm³/mol. The first-order valence-corrected chi connectivity index (χ1v) is 10.3. The Kier molecular flexibility index (Phi) is 5.99. The molecule has 2 heterocycles. The fraction of sp³-hybridized carbons (Fsp3) is 0.318. The average molecular weight is 429 g/mol. The number of hydrogen-bond acceptors (Lipinski definition) is 4. The van der Waals surface area contributed by atoms with Gasteiger partial charge in [0.25, 0.3) is 5.91 Å². The molecule has 2 amide bonds. The van der Waals surface area contributed by atoms with E-state index >= 15 is 0 Å². The van der Waals surface area contributed by atoms with Crippen LogP contribution in [0.5, 0.6) is 0 Å². The van der Waals surface area contributed by atoms with Crippen LogP contribution in [-0.2, 0) is 16.1 Å². The number of piperazine rings is 1. The molecule has 2 aliphatic rings. The molecule has 2 aromatic rings. The first kappa shape index (κ1) is 20.3. The van der Waals surface area contributed by atoms with Crippen molar-refractivity contribution >= 4 is 34.8 Å². The molecule has 0 saturated carbocycles. The maximum Gasteiger partial charge on any atom is 0.270 e. The molecule has 0 N–H and O–H groups in total. The van der Waals surface area contributed by atoms with Crippen LogP contribution in [0.1, 0.15) is 18.4 Å². The largest absolute Gasteiger partial charge is 0.368 e. The summed E-state index contributed by atoms with van der Waals surface area (Å²) in [5, 5.41) is 6.33. The smallest absolute Gasteiger partial charge is 0.270 e. The number of carbonyl (C=O) groups excluding carboxylic acids is 2. The van der Waals surface area contributed by atoms with Gasteiger partial charge in [0.05, 0.1) is 6.54 Å². The lowest BCUT2D eigenvalue weighted by atomic mass is 10.1. The summed E-state index contributed by atoms with van der Waals surface area (Å²) in [5.74, 6) is -0.598. The van der Waals surface area contributed by atoms with E-state index in [2.05, 4.69) is 10.0 Å². The Morgan fingerprint density at radius 3 is 2.47 bits per heavy atom. The van der Waals surface area contributed by atoms with Crippen LogP contribution in [0, 0.1) is 5.82 Å². The summed E-state index contributed by atoms with van der Waals surface area (Å²) in [7, 11) is 0. The first-order valence-electron chi connectivity index (χ1n) is 9.92. The molecule has 6 nitrogen and oxygen atoms in total. The highest BCUT2D eigenvalue weighted by Gasteiger charge is 2.29. The molecule has 0 aliphatic carbocycles. The second-order valence-corrected chi connectivity index (χ2v) is 7.82. The highest BCUT2D eigenvalue weighted by Crippen LogP contribution is 2.21. The number of carbonyl (C=O) groups is 2. The van der Waals surface area contributed by atoms with Gasteiger partial charge in [-0.15, -0.1) is 0 Å². The van der Waals surface area contributed by atoms with Gasteiger partial charge in [0.1, 0.15) is 11.5 Å². The molecule has 2 aliphatic heterocycles. The van der Waals surface area contributed by atoms with Crippen molar-refractivity contribution in [1.29, 1.82) is 0 Å². The van der Waals surface area contributed by atoms with Gasteiger partial charge in [-0.25, -0.2) is 9.40 Å². The maximum atomic E-state index is 13.1. The van der Waals surface area contributed by atoms with E-state index < -0.39 is 0 Å². The molecule has 30 heavy (non-hydrogen) atoms. The van der Waals surface area contributed by atoms with E-state index in [9.17, 15) is 14.0 Å². The molecule has 0 radical (unpaired) electrons. The second kappa shape index (κ2) is 8.83. The topological polar surface area (TPSA) is 56.2 Å². The zero-order valence-corrected chi connectivity index (χ0v) is 17.2. The van der Waals surface area contributed by atoms with Crippen molar-refractivity contribution < 1.29 is 14.0 Å². The molecule has 0 unspecified atom stereocenters. The van der Waals surface area contributed by atoms with Crippen LogP contribution in [0.2, 0.25) is 5.02 Å². The van der Waals surface area contributed by atoms with E-state index in [0.29, 0.717) is 43.3 Å². The third kappa shape index (κ3) is 4.62. The molecule has 4 rings (SSSR count). The lowest BCUT2D eigenvalue weighted by Gasteiger charge is -2.36. The Balaban J connectivity index is 1.40. The van der Waals surface area contributed by atoms with Crippen LogP contribution < -0.4 is 4.90 Å². The monoisotopic (exact) mass is 428 g/mol. The lowest BCUT2D eigenvalue weighted by Crippen LogP contribution is -2.51. The number of anilines is 1. The quantitative estimate of drug-likeness (QED) is 0.750. The van der Waals surface area contributed by atoms with Crippen LogP contribution >= 0.6 is 11.6 Å². The highest BCUT2D eigenvalue weighted by atomic mass is 35.5. The van der Waals surface area contributed by atoms with E-state index in [1.54, 1.807) is 17.0 Å². The number of amides is 2. The normalized spacial score (nSPS) is 17.2. The molecule has 1 fully saturated rings. The second-order valence-electron chi connectivity index (χ2n) is 7.38. The van der Waals surface area contributed by atoms with Crippen LogP contribution in [0.15, 0.2) is 53.6 Å². The lowest BCUT2D eigenvalue weighted by molar-refractivity contribution is -0.132. The number of halogens is 2. The third-order valence-electron chi connectivity index (χ3n) is 5.34. The predicted octanol–water partition coefficient (Wildman–Crippen LogP) is 3.31. The molecule has 0 spiro atoms. The summed E-state index contributed by atoms with van der Waals surface area (Å²) in [6.45, 7) is 2.79. The SMILES string of the molecule is O=C(C1=NN(Cc2ccc(F)cc2)C(=O)CC1)N1CCN(c2cccc(Cl)c2)CC1. The molecule has 0 aromatic heterocycles. The molecule has 8 heteroatoms. The minimum atomic E-state index is -0.333. The van der Waals surface area contributed by atoms with E-state index in [4.69, 9.17) is 11.6 Å². The van der Waals surface area contributed by atoms with E-state index in [1.807, 2.05) is 24.3 Å². The summed E-state index contributed by atoms with van der Waals surface area (Å²) < 4.78 is 13.1. The van der Waals surface area contributed by atoms with E-state index in [0.717, 1.165) is 11.3 Å². The molecule has 2 aromatic carbocycles. The van der Waals surface area contributed by atoms with Crippen molar-refractivity contribution in [3.05, 3.63) is 64.9 Å². The fourth-order valence-electron chi connectivity index (χ4n) is 3.66. The number of hydrazone groups is 1. The third-order valence-corrected chi connectivity index (χ3v) is 5.57. The summed E-state index contributed by atoms with van der Waals surface area (Å²) >= 11 is 6.08. The molecular formula is C22H22ClFN4O2. The summed E-state index contributed by atoms with van der Waals surface area (Å²) in [4.78, 5) is 29.2. The van der Waals surface area contributed by atoms with Gasteiger partial charge in [-0.05, 0) is 35.9 Å². The molecular weight excluding hydrogens is 407 g/mol. The Labute approximate surface area is 179 Å². The minimum Gasteiger partial charge on any atom is -0.368 e. The minimum absolute atomic E-state index is 0.127. The molecule has 156 valence electrons. The van der Waals surface area contributed by atoms with Crippen molar-refractivity contribution in [2.45, 2.75) is 19.4 Å². The Hall–Kier alpha value is -2.93. The van der Waals surface area contributed by atoms with Gasteiger partial charge < -0.3 is 9.80 Å². The fourth-order valence-corrected chi connectivity index (χ4v) is 3.85. The zero-order valence-electron chi connectivity index (χ0n) is 16.4.